The minimum absolute atomic E-state index is 0.0955. The van der Waals surface area contributed by atoms with Gasteiger partial charge in [-0.1, -0.05) is 0 Å². The molecule has 3 N–H and O–H groups in total. The SMILES string of the molecule is Nc1cc(S(=O)(=O)Nc2nc3c(s2)CCCC3)ccn1. The van der Waals surface area contributed by atoms with Crippen molar-refractivity contribution < 1.29 is 8.42 Å². The van der Waals surface area contributed by atoms with Crippen LogP contribution in [0.15, 0.2) is 23.2 Å². The minimum atomic E-state index is -3.66. The van der Waals surface area contributed by atoms with Gasteiger partial charge in [-0.3, -0.25) is 4.72 Å². The summed E-state index contributed by atoms with van der Waals surface area (Å²) in [6.07, 6.45) is 5.54. The Labute approximate surface area is 121 Å². The van der Waals surface area contributed by atoms with Gasteiger partial charge in [0.25, 0.3) is 10.0 Å². The van der Waals surface area contributed by atoms with Gasteiger partial charge in [-0.15, -0.1) is 11.3 Å². The van der Waals surface area contributed by atoms with Crippen LogP contribution in [0.3, 0.4) is 0 Å². The number of nitrogens with two attached hydrogens (primary N) is 1. The maximum Gasteiger partial charge on any atom is 0.263 e. The number of nitrogens with one attached hydrogen (secondary N) is 1. The fourth-order valence-electron chi connectivity index (χ4n) is 2.16. The zero-order valence-electron chi connectivity index (χ0n) is 10.7. The van der Waals surface area contributed by atoms with E-state index in [2.05, 4.69) is 14.7 Å². The number of sulfonamides is 1. The summed E-state index contributed by atoms with van der Waals surface area (Å²) < 4.78 is 27.0. The Kier molecular flexibility index (Phi) is 3.35. The maximum absolute atomic E-state index is 12.2. The first-order chi connectivity index (χ1) is 9.54. The number of hydrogen-bond donors (Lipinski definition) is 2. The van der Waals surface area contributed by atoms with E-state index in [0.717, 1.165) is 31.4 Å². The first kappa shape index (κ1) is 13.3. The summed E-state index contributed by atoms with van der Waals surface area (Å²) in [6, 6.07) is 2.74. The molecule has 0 aromatic carbocycles. The molecule has 0 aliphatic heterocycles. The number of rotatable bonds is 3. The Morgan fingerprint density at radius 2 is 2.10 bits per heavy atom. The van der Waals surface area contributed by atoms with Gasteiger partial charge >= 0.3 is 0 Å². The average molecular weight is 310 g/mol. The lowest BCUT2D eigenvalue weighted by Gasteiger charge is -2.06. The number of aryl methyl sites for hydroxylation is 2. The normalized spacial score (nSPS) is 14.8. The molecule has 1 aliphatic rings. The van der Waals surface area contributed by atoms with Gasteiger partial charge in [-0.25, -0.2) is 18.4 Å². The molecule has 2 aromatic rings. The van der Waals surface area contributed by atoms with Crippen LogP contribution in [-0.2, 0) is 22.9 Å². The van der Waals surface area contributed by atoms with Crippen molar-refractivity contribution in [3.05, 3.63) is 28.9 Å². The van der Waals surface area contributed by atoms with Crippen LogP contribution in [0.5, 0.6) is 0 Å². The van der Waals surface area contributed by atoms with Crippen LogP contribution in [0.4, 0.5) is 10.9 Å². The van der Waals surface area contributed by atoms with Gasteiger partial charge in [-0.05, 0) is 31.7 Å². The first-order valence-corrected chi connectivity index (χ1v) is 8.57. The van der Waals surface area contributed by atoms with E-state index in [9.17, 15) is 8.42 Å². The number of hydrogen-bond acceptors (Lipinski definition) is 6. The summed E-state index contributed by atoms with van der Waals surface area (Å²) in [5.41, 5.74) is 6.53. The van der Waals surface area contributed by atoms with Crippen LogP contribution in [0.2, 0.25) is 0 Å². The Bertz CT molecular complexity index is 716. The molecule has 0 fully saturated rings. The predicted octanol–water partition coefficient (Wildman–Crippen LogP) is 1.80. The van der Waals surface area contributed by atoms with Crippen LogP contribution in [0, 0.1) is 0 Å². The standard InChI is InChI=1S/C12H14N4O2S2/c13-11-7-8(5-6-14-11)20(17,18)16-12-15-9-3-1-2-4-10(9)19-12/h5-7H,1-4H2,(H2,13,14)(H,15,16). The van der Waals surface area contributed by atoms with Gasteiger partial charge in [0.05, 0.1) is 10.6 Å². The smallest absolute Gasteiger partial charge is 0.263 e. The topological polar surface area (TPSA) is 98.0 Å². The van der Waals surface area contributed by atoms with Crippen molar-refractivity contribution in [3.8, 4) is 0 Å². The zero-order valence-corrected chi connectivity index (χ0v) is 12.3. The largest absolute Gasteiger partial charge is 0.384 e. The van der Waals surface area contributed by atoms with Gasteiger partial charge in [0.1, 0.15) is 5.82 Å². The molecule has 2 heterocycles. The summed E-state index contributed by atoms with van der Waals surface area (Å²) in [7, 11) is -3.66. The first-order valence-electron chi connectivity index (χ1n) is 6.27. The van der Waals surface area contributed by atoms with E-state index in [0.29, 0.717) is 5.13 Å². The highest BCUT2D eigenvalue weighted by atomic mass is 32.2. The number of pyridine rings is 1. The third-order valence-corrected chi connectivity index (χ3v) is 5.67. The van der Waals surface area contributed by atoms with Crippen LogP contribution in [0.25, 0.3) is 0 Å². The molecular weight excluding hydrogens is 296 g/mol. The van der Waals surface area contributed by atoms with Gasteiger partial charge in [0.15, 0.2) is 5.13 Å². The Morgan fingerprint density at radius 1 is 1.30 bits per heavy atom. The molecule has 0 unspecified atom stereocenters. The number of anilines is 2. The fourth-order valence-corrected chi connectivity index (χ4v) is 4.47. The van der Waals surface area contributed by atoms with E-state index in [4.69, 9.17) is 5.73 Å². The minimum Gasteiger partial charge on any atom is -0.384 e. The van der Waals surface area contributed by atoms with Crippen LogP contribution >= 0.6 is 11.3 Å². The molecule has 0 atom stereocenters. The molecule has 0 saturated heterocycles. The number of aromatic nitrogens is 2. The molecule has 6 nitrogen and oxygen atoms in total. The summed E-state index contributed by atoms with van der Waals surface area (Å²) in [5.74, 6) is 0.173. The number of thiazole rings is 1. The lowest BCUT2D eigenvalue weighted by Crippen LogP contribution is -2.13. The third kappa shape index (κ3) is 2.61. The van der Waals surface area contributed by atoms with E-state index >= 15 is 0 Å². The van der Waals surface area contributed by atoms with Crippen molar-refractivity contribution >= 4 is 32.3 Å². The van der Waals surface area contributed by atoms with Crippen molar-refractivity contribution in [1.82, 2.24) is 9.97 Å². The van der Waals surface area contributed by atoms with E-state index in [1.54, 1.807) is 0 Å². The number of nitrogen functional groups attached to an aromatic ring is 1. The van der Waals surface area contributed by atoms with Gasteiger partial charge in [0.2, 0.25) is 0 Å². The lowest BCUT2D eigenvalue weighted by molar-refractivity contribution is 0.601. The van der Waals surface area contributed by atoms with E-state index in [1.165, 1.54) is 34.5 Å². The van der Waals surface area contributed by atoms with Crippen molar-refractivity contribution in [2.75, 3.05) is 10.5 Å². The highest BCUT2D eigenvalue weighted by Gasteiger charge is 2.20. The fraction of sp³-hybridized carbons (Fsp3) is 0.333. The lowest BCUT2D eigenvalue weighted by atomic mass is 10.0. The summed E-state index contributed by atoms with van der Waals surface area (Å²) in [6.45, 7) is 0. The van der Waals surface area contributed by atoms with Gasteiger partial charge < -0.3 is 5.73 Å². The highest BCUT2D eigenvalue weighted by molar-refractivity contribution is 7.93. The second-order valence-electron chi connectivity index (χ2n) is 4.62. The molecule has 0 bridgehead atoms. The molecule has 0 spiro atoms. The average Bonchev–Trinajstić information content (AvgIpc) is 2.80. The molecule has 2 aromatic heterocycles. The molecule has 0 radical (unpaired) electrons. The van der Waals surface area contributed by atoms with Crippen molar-refractivity contribution in [2.24, 2.45) is 0 Å². The Balaban J connectivity index is 1.88. The molecule has 0 amide bonds. The van der Waals surface area contributed by atoms with Crippen molar-refractivity contribution in [3.63, 3.8) is 0 Å². The van der Waals surface area contributed by atoms with Crippen molar-refractivity contribution in [2.45, 2.75) is 30.6 Å². The molecule has 1 aliphatic carbocycles. The van der Waals surface area contributed by atoms with Crippen molar-refractivity contribution in [1.29, 1.82) is 0 Å². The summed E-state index contributed by atoms with van der Waals surface area (Å²) in [4.78, 5) is 9.43. The summed E-state index contributed by atoms with van der Waals surface area (Å²) >= 11 is 1.41. The van der Waals surface area contributed by atoms with Gasteiger partial charge in [-0.2, -0.15) is 0 Å². The van der Waals surface area contributed by atoms with E-state index in [1.807, 2.05) is 0 Å². The van der Waals surface area contributed by atoms with Crippen LogP contribution in [-0.4, -0.2) is 18.4 Å². The molecule has 8 heteroatoms. The van der Waals surface area contributed by atoms with Crippen LogP contribution < -0.4 is 10.5 Å². The maximum atomic E-state index is 12.2. The molecule has 106 valence electrons. The highest BCUT2D eigenvalue weighted by Crippen LogP contribution is 2.30. The monoisotopic (exact) mass is 310 g/mol. The zero-order chi connectivity index (χ0) is 14.2. The molecule has 20 heavy (non-hydrogen) atoms. The number of fused-ring (bicyclic) bond motifs is 1. The molecular formula is C12H14N4O2S2. The third-order valence-electron chi connectivity index (χ3n) is 3.13. The molecule has 3 rings (SSSR count). The van der Waals surface area contributed by atoms with E-state index < -0.39 is 10.0 Å². The van der Waals surface area contributed by atoms with E-state index in [-0.39, 0.29) is 10.7 Å². The van der Waals surface area contributed by atoms with Gasteiger partial charge in [0, 0.05) is 17.1 Å². The Hall–Kier alpha value is -1.67. The van der Waals surface area contributed by atoms with Crippen LogP contribution in [0.1, 0.15) is 23.4 Å². The second kappa shape index (κ2) is 5.02. The predicted molar refractivity (Wildman–Crippen MR) is 78.2 cm³/mol. The molecule has 0 saturated carbocycles. The summed E-state index contributed by atoms with van der Waals surface area (Å²) in [5, 5.41) is 0.423. The quantitative estimate of drug-likeness (QED) is 0.900. The second-order valence-corrected chi connectivity index (χ2v) is 7.38. The Morgan fingerprint density at radius 3 is 2.85 bits per heavy atom. The number of nitrogens with zero attached hydrogens (tertiary/aromatic N) is 2.